The normalized spacial score (nSPS) is 13.5. The summed E-state index contributed by atoms with van der Waals surface area (Å²) in [7, 11) is 0. The first-order chi connectivity index (χ1) is 13.2. The Kier molecular flexibility index (Phi) is 9.90. The fraction of sp³-hybridized carbons (Fsp3) is 0.545. The van der Waals surface area contributed by atoms with Crippen molar-refractivity contribution >= 4 is 11.8 Å². The van der Waals surface area contributed by atoms with E-state index < -0.39 is 12.0 Å². The number of carbonyl (C=O) groups is 2. The minimum absolute atomic E-state index is 0.0208. The Morgan fingerprint density at radius 2 is 1.86 bits per heavy atom. The molecule has 2 amide bonds. The van der Waals surface area contributed by atoms with Gasteiger partial charge in [0.05, 0.1) is 25.2 Å². The molecule has 0 saturated carbocycles. The molecule has 6 nitrogen and oxygen atoms in total. The van der Waals surface area contributed by atoms with E-state index in [0.717, 1.165) is 5.56 Å². The van der Waals surface area contributed by atoms with Gasteiger partial charge >= 0.3 is 0 Å². The van der Waals surface area contributed by atoms with Crippen LogP contribution in [0.2, 0.25) is 0 Å². The molecule has 0 fully saturated rings. The Hall–Kier alpha value is -2.18. The zero-order chi connectivity index (χ0) is 21.2. The largest absolute Gasteiger partial charge is 0.395 e. The van der Waals surface area contributed by atoms with Crippen LogP contribution in [0.4, 0.5) is 0 Å². The number of allylic oxidation sites excluding steroid dienone is 1. The van der Waals surface area contributed by atoms with Crippen LogP contribution in [0.15, 0.2) is 43.0 Å². The van der Waals surface area contributed by atoms with Crippen molar-refractivity contribution in [3.63, 3.8) is 0 Å². The van der Waals surface area contributed by atoms with Gasteiger partial charge in [-0.25, -0.2) is 0 Å². The maximum absolute atomic E-state index is 12.8. The second kappa shape index (κ2) is 11.6. The second-order valence-corrected chi connectivity index (χ2v) is 8.06. The van der Waals surface area contributed by atoms with Crippen molar-refractivity contribution in [3.8, 4) is 0 Å². The molecular formula is C22H34N2O4. The van der Waals surface area contributed by atoms with E-state index in [1.54, 1.807) is 11.0 Å². The SMILES string of the molecule is C=CC[C@@H](CC(=O)N(CCO)Cc1ccccc1)C(=O)N[C@H](CO)C(C)(C)C. The molecule has 1 rings (SSSR count). The summed E-state index contributed by atoms with van der Waals surface area (Å²) >= 11 is 0. The lowest BCUT2D eigenvalue weighted by Crippen LogP contribution is -2.49. The molecule has 0 aliphatic carbocycles. The third-order valence-corrected chi connectivity index (χ3v) is 4.73. The number of hydrogen-bond donors (Lipinski definition) is 3. The molecule has 0 bridgehead atoms. The second-order valence-electron chi connectivity index (χ2n) is 8.06. The number of benzene rings is 1. The molecule has 0 unspecified atom stereocenters. The van der Waals surface area contributed by atoms with E-state index in [1.165, 1.54) is 0 Å². The molecule has 2 atom stereocenters. The van der Waals surface area contributed by atoms with Gasteiger partial charge in [0.25, 0.3) is 0 Å². The Balaban J connectivity index is 2.84. The molecular weight excluding hydrogens is 356 g/mol. The molecule has 0 aromatic heterocycles. The first kappa shape index (κ1) is 23.9. The van der Waals surface area contributed by atoms with Gasteiger partial charge in [0.2, 0.25) is 11.8 Å². The monoisotopic (exact) mass is 390 g/mol. The topological polar surface area (TPSA) is 89.9 Å². The molecule has 1 aromatic rings. The lowest BCUT2D eigenvalue weighted by molar-refractivity contribution is -0.137. The van der Waals surface area contributed by atoms with Crippen molar-refractivity contribution < 1.29 is 19.8 Å². The molecule has 0 spiro atoms. The Morgan fingerprint density at radius 3 is 2.36 bits per heavy atom. The van der Waals surface area contributed by atoms with Crippen LogP contribution < -0.4 is 5.32 Å². The number of rotatable bonds is 11. The first-order valence-corrected chi connectivity index (χ1v) is 9.67. The third kappa shape index (κ3) is 7.82. The Morgan fingerprint density at radius 1 is 1.21 bits per heavy atom. The van der Waals surface area contributed by atoms with Gasteiger partial charge in [-0.3, -0.25) is 9.59 Å². The Bertz CT molecular complexity index is 625. The highest BCUT2D eigenvalue weighted by Gasteiger charge is 2.30. The molecule has 0 saturated heterocycles. The lowest BCUT2D eigenvalue weighted by Gasteiger charge is -2.31. The predicted octanol–water partition coefficient (Wildman–Crippen LogP) is 2.11. The minimum atomic E-state index is -0.571. The predicted molar refractivity (Wildman–Crippen MR) is 110 cm³/mol. The zero-order valence-electron chi connectivity index (χ0n) is 17.2. The number of carbonyl (C=O) groups excluding carboxylic acids is 2. The molecule has 0 aliphatic rings. The minimum Gasteiger partial charge on any atom is -0.395 e. The smallest absolute Gasteiger partial charge is 0.224 e. The summed E-state index contributed by atoms with van der Waals surface area (Å²) in [4.78, 5) is 27.1. The van der Waals surface area contributed by atoms with Crippen molar-refractivity contribution in [3.05, 3.63) is 48.6 Å². The summed E-state index contributed by atoms with van der Waals surface area (Å²) in [5, 5.41) is 21.8. The highest BCUT2D eigenvalue weighted by molar-refractivity contribution is 5.86. The maximum Gasteiger partial charge on any atom is 0.224 e. The zero-order valence-corrected chi connectivity index (χ0v) is 17.2. The van der Waals surface area contributed by atoms with Crippen LogP contribution in [0.25, 0.3) is 0 Å². The lowest BCUT2D eigenvalue weighted by atomic mass is 9.86. The number of aliphatic hydroxyl groups excluding tert-OH is 2. The van der Waals surface area contributed by atoms with Gasteiger partial charge in [-0.1, -0.05) is 57.2 Å². The first-order valence-electron chi connectivity index (χ1n) is 9.67. The van der Waals surface area contributed by atoms with E-state index in [2.05, 4.69) is 11.9 Å². The average Bonchev–Trinajstić information content (AvgIpc) is 2.65. The average molecular weight is 391 g/mol. The summed E-state index contributed by atoms with van der Waals surface area (Å²) in [6.45, 7) is 9.77. The number of hydrogen-bond acceptors (Lipinski definition) is 4. The van der Waals surface area contributed by atoms with E-state index in [9.17, 15) is 19.8 Å². The fourth-order valence-corrected chi connectivity index (χ4v) is 2.87. The van der Waals surface area contributed by atoms with Crippen LogP contribution in [-0.4, -0.2) is 52.7 Å². The van der Waals surface area contributed by atoms with Crippen molar-refractivity contribution in [1.29, 1.82) is 0 Å². The standard InChI is InChI=1S/C22H34N2O4/c1-5-9-18(21(28)23-19(16-26)22(2,3)4)14-20(27)24(12-13-25)15-17-10-7-6-8-11-17/h5-8,10-11,18-19,25-26H,1,9,12-16H2,2-4H3,(H,23,28)/t18-,19+/m0/s1. The molecule has 0 heterocycles. The van der Waals surface area contributed by atoms with E-state index in [1.807, 2.05) is 51.1 Å². The van der Waals surface area contributed by atoms with Gasteiger partial charge in [-0.05, 0) is 17.4 Å². The molecule has 28 heavy (non-hydrogen) atoms. The van der Waals surface area contributed by atoms with Gasteiger partial charge in [0, 0.05) is 19.5 Å². The van der Waals surface area contributed by atoms with Gasteiger partial charge in [0.1, 0.15) is 0 Å². The van der Waals surface area contributed by atoms with Gasteiger partial charge in [0.15, 0.2) is 0 Å². The highest BCUT2D eigenvalue weighted by atomic mass is 16.3. The quantitative estimate of drug-likeness (QED) is 0.505. The summed E-state index contributed by atoms with van der Waals surface area (Å²) in [6, 6.07) is 9.12. The highest BCUT2D eigenvalue weighted by Crippen LogP contribution is 2.21. The summed E-state index contributed by atoms with van der Waals surface area (Å²) in [5.41, 5.74) is 0.658. The van der Waals surface area contributed by atoms with Crippen molar-refractivity contribution in [1.82, 2.24) is 10.2 Å². The van der Waals surface area contributed by atoms with Gasteiger partial charge in [-0.15, -0.1) is 6.58 Å². The number of amides is 2. The molecule has 6 heteroatoms. The van der Waals surface area contributed by atoms with Gasteiger partial charge in [-0.2, -0.15) is 0 Å². The van der Waals surface area contributed by atoms with Crippen molar-refractivity contribution in [2.75, 3.05) is 19.8 Å². The fourth-order valence-electron chi connectivity index (χ4n) is 2.87. The Labute approximate surface area is 168 Å². The maximum atomic E-state index is 12.8. The van der Waals surface area contributed by atoms with Crippen LogP contribution in [0.1, 0.15) is 39.2 Å². The van der Waals surface area contributed by atoms with Crippen LogP contribution in [0.3, 0.4) is 0 Å². The molecule has 0 aliphatic heterocycles. The van der Waals surface area contributed by atoms with E-state index >= 15 is 0 Å². The van der Waals surface area contributed by atoms with Crippen LogP contribution in [-0.2, 0) is 16.1 Å². The third-order valence-electron chi connectivity index (χ3n) is 4.73. The molecule has 156 valence electrons. The molecule has 0 radical (unpaired) electrons. The summed E-state index contributed by atoms with van der Waals surface area (Å²) < 4.78 is 0. The summed E-state index contributed by atoms with van der Waals surface area (Å²) in [6.07, 6.45) is 2.00. The van der Waals surface area contributed by atoms with E-state index in [-0.39, 0.29) is 43.4 Å². The molecule has 3 N–H and O–H groups in total. The van der Waals surface area contributed by atoms with Crippen LogP contribution >= 0.6 is 0 Å². The van der Waals surface area contributed by atoms with Gasteiger partial charge < -0.3 is 20.4 Å². The van der Waals surface area contributed by atoms with Crippen LogP contribution in [0, 0.1) is 11.3 Å². The number of aliphatic hydroxyl groups is 2. The molecule has 1 aromatic carbocycles. The summed E-state index contributed by atoms with van der Waals surface area (Å²) in [5.74, 6) is -1.04. The van der Waals surface area contributed by atoms with Crippen LogP contribution in [0.5, 0.6) is 0 Å². The van der Waals surface area contributed by atoms with E-state index in [0.29, 0.717) is 13.0 Å². The van der Waals surface area contributed by atoms with Crippen molar-refractivity contribution in [2.24, 2.45) is 11.3 Å². The number of nitrogens with zero attached hydrogens (tertiary/aromatic N) is 1. The van der Waals surface area contributed by atoms with E-state index in [4.69, 9.17) is 0 Å². The van der Waals surface area contributed by atoms with Crippen molar-refractivity contribution in [2.45, 2.75) is 46.2 Å². The number of nitrogens with one attached hydrogen (secondary N) is 1.